The van der Waals surface area contributed by atoms with Gasteiger partial charge in [-0.3, -0.25) is 9.59 Å². The van der Waals surface area contributed by atoms with Crippen molar-refractivity contribution in [1.29, 1.82) is 0 Å². The summed E-state index contributed by atoms with van der Waals surface area (Å²) >= 11 is 0. The molecule has 0 fully saturated rings. The molecule has 0 aliphatic carbocycles. The van der Waals surface area contributed by atoms with Gasteiger partial charge in [-0.05, 0) is 12.1 Å². The van der Waals surface area contributed by atoms with Crippen LogP contribution in [0.1, 0.15) is 16.9 Å². The van der Waals surface area contributed by atoms with E-state index in [-0.39, 0.29) is 18.3 Å². The molecule has 1 aromatic heterocycles. The lowest BCUT2D eigenvalue weighted by Gasteiger charge is -2.17. The van der Waals surface area contributed by atoms with E-state index in [1.807, 2.05) is 16.8 Å². The maximum atomic E-state index is 12.2. The van der Waals surface area contributed by atoms with Crippen molar-refractivity contribution in [2.45, 2.75) is 13.0 Å². The van der Waals surface area contributed by atoms with Crippen LogP contribution in [0.3, 0.4) is 0 Å². The molecule has 0 N–H and O–H groups in total. The van der Waals surface area contributed by atoms with Crippen LogP contribution < -0.4 is 0 Å². The molecule has 19 heavy (non-hydrogen) atoms. The molecule has 0 aliphatic rings. The molecule has 6 nitrogen and oxygen atoms in total. The van der Waals surface area contributed by atoms with Crippen LogP contribution in [-0.4, -0.2) is 55.8 Å². The number of carbonyl (C=O) groups excluding carboxylic acids is 2. The van der Waals surface area contributed by atoms with Crippen molar-refractivity contribution in [2.24, 2.45) is 0 Å². The normalized spacial score (nSPS) is 10.3. The van der Waals surface area contributed by atoms with Gasteiger partial charge in [0, 0.05) is 33.4 Å². The number of ether oxygens (including phenoxy) is 2. The Kier molecular flexibility index (Phi) is 6.08. The second kappa shape index (κ2) is 7.58. The van der Waals surface area contributed by atoms with Crippen LogP contribution in [-0.2, 0) is 20.8 Å². The van der Waals surface area contributed by atoms with E-state index in [9.17, 15) is 9.59 Å². The Morgan fingerprint density at radius 1 is 1.37 bits per heavy atom. The Morgan fingerprint density at radius 3 is 2.74 bits per heavy atom. The quantitative estimate of drug-likeness (QED) is 0.685. The van der Waals surface area contributed by atoms with Crippen LogP contribution in [0, 0.1) is 0 Å². The van der Waals surface area contributed by atoms with Crippen molar-refractivity contribution in [2.75, 3.05) is 34.4 Å². The van der Waals surface area contributed by atoms with Crippen molar-refractivity contribution in [3.8, 4) is 0 Å². The molecule has 1 heterocycles. The molecule has 0 radical (unpaired) electrons. The largest absolute Gasteiger partial charge is 0.469 e. The van der Waals surface area contributed by atoms with Gasteiger partial charge in [0.05, 0.1) is 20.1 Å². The van der Waals surface area contributed by atoms with Crippen LogP contribution in [0.2, 0.25) is 0 Å². The van der Waals surface area contributed by atoms with Crippen molar-refractivity contribution < 1.29 is 19.1 Å². The molecule has 1 aromatic rings. The Bertz CT molecular complexity index is 428. The first-order valence-corrected chi connectivity index (χ1v) is 6.06. The zero-order chi connectivity index (χ0) is 14.3. The van der Waals surface area contributed by atoms with Crippen molar-refractivity contribution in [1.82, 2.24) is 9.47 Å². The fourth-order valence-electron chi connectivity index (χ4n) is 1.65. The van der Waals surface area contributed by atoms with Crippen LogP contribution in [0.4, 0.5) is 0 Å². The fourth-order valence-corrected chi connectivity index (χ4v) is 1.65. The number of rotatable bonds is 7. The highest BCUT2D eigenvalue weighted by atomic mass is 16.5. The van der Waals surface area contributed by atoms with Crippen LogP contribution in [0.25, 0.3) is 0 Å². The third-order valence-corrected chi connectivity index (χ3v) is 2.81. The molecule has 106 valence electrons. The number of nitrogens with zero attached hydrogens (tertiary/aromatic N) is 2. The van der Waals surface area contributed by atoms with Gasteiger partial charge in [0.1, 0.15) is 5.69 Å². The molecule has 0 atom stereocenters. The molecule has 0 aliphatic heterocycles. The Hall–Kier alpha value is -1.82. The summed E-state index contributed by atoms with van der Waals surface area (Å²) in [5, 5.41) is 0. The van der Waals surface area contributed by atoms with E-state index in [2.05, 4.69) is 4.74 Å². The highest BCUT2D eigenvalue weighted by molar-refractivity contribution is 5.92. The Labute approximate surface area is 112 Å². The average Bonchev–Trinajstić information content (AvgIpc) is 2.89. The Morgan fingerprint density at radius 2 is 2.11 bits per heavy atom. The number of aromatic nitrogens is 1. The van der Waals surface area contributed by atoms with Gasteiger partial charge in [0.2, 0.25) is 0 Å². The fraction of sp³-hybridized carbons (Fsp3) is 0.538. The van der Waals surface area contributed by atoms with Crippen molar-refractivity contribution >= 4 is 11.9 Å². The predicted octanol–water partition coefficient (Wildman–Crippen LogP) is 0.770. The third-order valence-electron chi connectivity index (χ3n) is 2.81. The predicted molar refractivity (Wildman–Crippen MR) is 69.9 cm³/mol. The van der Waals surface area contributed by atoms with E-state index >= 15 is 0 Å². The van der Waals surface area contributed by atoms with Crippen LogP contribution in [0.15, 0.2) is 18.3 Å². The number of esters is 1. The highest BCUT2D eigenvalue weighted by Crippen LogP contribution is 2.06. The smallest absolute Gasteiger partial charge is 0.307 e. The first-order chi connectivity index (χ1) is 9.10. The summed E-state index contributed by atoms with van der Waals surface area (Å²) in [5.74, 6) is -0.445. The maximum Gasteiger partial charge on any atom is 0.307 e. The van der Waals surface area contributed by atoms with E-state index in [4.69, 9.17) is 4.74 Å². The lowest BCUT2D eigenvalue weighted by atomic mass is 10.3. The zero-order valence-corrected chi connectivity index (χ0v) is 11.6. The minimum absolute atomic E-state index is 0.120. The van der Waals surface area contributed by atoms with Crippen molar-refractivity contribution in [3.05, 3.63) is 24.0 Å². The summed E-state index contributed by atoms with van der Waals surface area (Å²) in [5.41, 5.74) is 0.587. The summed E-state index contributed by atoms with van der Waals surface area (Å²) in [6.45, 7) is 1.50. The third kappa shape index (κ3) is 4.40. The lowest BCUT2D eigenvalue weighted by molar-refractivity contribution is -0.140. The molecule has 0 aromatic carbocycles. The Balaban J connectivity index is 2.61. The summed E-state index contributed by atoms with van der Waals surface area (Å²) in [4.78, 5) is 24.8. The number of carbonyl (C=O) groups is 2. The number of methoxy groups -OCH3 is 2. The molecule has 0 saturated carbocycles. The van der Waals surface area contributed by atoms with Gasteiger partial charge in [-0.2, -0.15) is 0 Å². The molecular formula is C13H20N2O4. The van der Waals surface area contributed by atoms with E-state index in [1.54, 1.807) is 20.2 Å². The van der Waals surface area contributed by atoms with Crippen LogP contribution >= 0.6 is 0 Å². The second-order valence-corrected chi connectivity index (χ2v) is 4.13. The summed E-state index contributed by atoms with van der Waals surface area (Å²) < 4.78 is 11.4. The highest BCUT2D eigenvalue weighted by Gasteiger charge is 2.16. The van der Waals surface area contributed by atoms with Gasteiger partial charge in [-0.25, -0.2) is 0 Å². The van der Waals surface area contributed by atoms with E-state index in [0.29, 0.717) is 25.4 Å². The van der Waals surface area contributed by atoms with Gasteiger partial charge < -0.3 is 18.9 Å². The van der Waals surface area contributed by atoms with E-state index < -0.39 is 0 Å². The van der Waals surface area contributed by atoms with E-state index in [0.717, 1.165) is 0 Å². The van der Waals surface area contributed by atoms with Gasteiger partial charge in [0.15, 0.2) is 0 Å². The standard InChI is InChI=1S/C13H20N2O4/c1-14(8-6-12(16)19-3)13(17)11-5-4-7-15(11)9-10-18-2/h4-5,7H,6,8-10H2,1-3H3. The summed E-state index contributed by atoms with van der Waals surface area (Å²) in [6, 6.07) is 3.57. The molecule has 0 spiro atoms. The molecule has 0 unspecified atom stereocenters. The van der Waals surface area contributed by atoms with Gasteiger partial charge in [-0.1, -0.05) is 0 Å². The SMILES string of the molecule is COCCn1cccc1C(=O)N(C)CCC(=O)OC. The van der Waals surface area contributed by atoms with Gasteiger partial charge in [0.25, 0.3) is 5.91 Å². The minimum Gasteiger partial charge on any atom is -0.469 e. The lowest BCUT2D eigenvalue weighted by Crippen LogP contribution is -2.31. The van der Waals surface area contributed by atoms with Gasteiger partial charge in [-0.15, -0.1) is 0 Å². The van der Waals surface area contributed by atoms with E-state index in [1.165, 1.54) is 12.0 Å². The molecule has 0 saturated heterocycles. The first-order valence-electron chi connectivity index (χ1n) is 6.06. The van der Waals surface area contributed by atoms with Crippen LogP contribution in [0.5, 0.6) is 0 Å². The number of hydrogen-bond donors (Lipinski definition) is 0. The maximum absolute atomic E-state index is 12.2. The number of amides is 1. The molecule has 6 heteroatoms. The van der Waals surface area contributed by atoms with Gasteiger partial charge >= 0.3 is 5.97 Å². The molecule has 1 amide bonds. The number of hydrogen-bond acceptors (Lipinski definition) is 4. The minimum atomic E-state index is -0.325. The summed E-state index contributed by atoms with van der Waals surface area (Å²) in [7, 11) is 4.62. The molecule has 0 bridgehead atoms. The average molecular weight is 268 g/mol. The second-order valence-electron chi connectivity index (χ2n) is 4.13. The topological polar surface area (TPSA) is 60.8 Å². The summed E-state index contributed by atoms with van der Waals surface area (Å²) in [6.07, 6.45) is 2.03. The molecular weight excluding hydrogens is 248 g/mol. The zero-order valence-electron chi connectivity index (χ0n) is 11.6. The first kappa shape index (κ1) is 15.2. The van der Waals surface area contributed by atoms with Crippen molar-refractivity contribution in [3.63, 3.8) is 0 Å². The molecule has 1 rings (SSSR count). The monoisotopic (exact) mass is 268 g/mol.